The lowest BCUT2D eigenvalue weighted by atomic mass is 9.88. The molecule has 3 rings (SSSR count). The zero-order chi connectivity index (χ0) is 21.0. The number of Topliss-reactive ketones (excluding diaryl/α,β-unsaturated/α-hetero) is 2. The van der Waals surface area contributed by atoms with Crippen molar-refractivity contribution in [2.45, 2.75) is 25.7 Å². The molecule has 0 atom stereocenters. The highest BCUT2D eigenvalue weighted by Gasteiger charge is 2.28. The number of carbonyl (C=O) groups excluding carboxylic acids is 3. The summed E-state index contributed by atoms with van der Waals surface area (Å²) in [6.45, 7) is 1.03. The van der Waals surface area contributed by atoms with Gasteiger partial charge in [0, 0.05) is 47.4 Å². The van der Waals surface area contributed by atoms with E-state index in [1.165, 1.54) is 0 Å². The van der Waals surface area contributed by atoms with Gasteiger partial charge in [0.25, 0.3) is 0 Å². The number of carbonyl (C=O) groups is 3. The van der Waals surface area contributed by atoms with Crippen molar-refractivity contribution < 1.29 is 14.4 Å². The van der Waals surface area contributed by atoms with Gasteiger partial charge in [0.15, 0.2) is 11.6 Å². The molecule has 4 nitrogen and oxygen atoms in total. The second kappa shape index (κ2) is 9.88. The van der Waals surface area contributed by atoms with Crippen molar-refractivity contribution >= 4 is 56.6 Å². The number of benzene rings is 2. The van der Waals surface area contributed by atoms with Gasteiger partial charge in [-0.2, -0.15) is 0 Å². The van der Waals surface area contributed by atoms with Crippen LogP contribution in [0.25, 0.3) is 0 Å². The molecule has 152 valence electrons. The first kappa shape index (κ1) is 22.0. The third-order valence-corrected chi connectivity index (χ3v) is 6.42. The van der Waals surface area contributed by atoms with Crippen LogP contribution in [0.1, 0.15) is 46.4 Å². The molecule has 0 radical (unpaired) electrons. The lowest BCUT2D eigenvalue weighted by Crippen LogP contribution is -2.40. The van der Waals surface area contributed by atoms with Crippen LogP contribution in [0.2, 0.25) is 10.0 Å². The normalized spacial score (nSPS) is 14.7. The Balaban J connectivity index is 1.48. The van der Waals surface area contributed by atoms with Gasteiger partial charge in [0.05, 0.1) is 10.0 Å². The van der Waals surface area contributed by atoms with E-state index in [4.69, 9.17) is 23.2 Å². The fourth-order valence-corrected chi connectivity index (χ4v) is 4.00. The predicted octanol–water partition coefficient (Wildman–Crippen LogP) is 5.84. The summed E-state index contributed by atoms with van der Waals surface area (Å²) in [5.74, 6) is -0.201. The third kappa shape index (κ3) is 5.68. The van der Waals surface area contributed by atoms with Crippen LogP contribution >= 0.6 is 39.1 Å². The van der Waals surface area contributed by atoms with Crippen molar-refractivity contribution in [1.82, 2.24) is 4.90 Å². The molecule has 0 aromatic heterocycles. The number of piperidine rings is 1. The molecule has 29 heavy (non-hydrogen) atoms. The summed E-state index contributed by atoms with van der Waals surface area (Å²) in [5, 5.41) is 0.780. The van der Waals surface area contributed by atoms with Crippen LogP contribution in [0, 0.1) is 5.92 Å². The van der Waals surface area contributed by atoms with Crippen molar-refractivity contribution in [2.24, 2.45) is 5.92 Å². The van der Waals surface area contributed by atoms with E-state index in [0.29, 0.717) is 47.1 Å². The van der Waals surface area contributed by atoms with Gasteiger partial charge >= 0.3 is 0 Å². The standard InChI is InChI=1S/C22H20BrCl2NO3/c23-17-4-1-14(2-5-17)20(27)7-8-21(28)26-11-9-15(10-12-26)22(29)16-3-6-18(24)19(25)13-16/h1-6,13,15H,7-12H2. The largest absolute Gasteiger partial charge is 0.343 e. The molecule has 0 spiro atoms. The Hall–Kier alpha value is -1.69. The van der Waals surface area contributed by atoms with E-state index in [2.05, 4.69) is 15.9 Å². The molecular weight excluding hydrogens is 477 g/mol. The minimum atomic E-state index is -0.138. The number of nitrogens with zero attached hydrogens (tertiary/aromatic N) is 1. The topological polar surface area (TPSA) is 54.5 Å². The number of ketones is 2. The molecule has 0 aliphatic carbocycles. The highest BCUT2D eigenvalue weighted by Crippen LogP contribution is 2.27. The summed E-state index contributed by atoms with van der Waals surface area (Å²) in [6, 6.07) is 12.0. The van der Waals surface area contributed by atoms with Crippen molar-refractivity contribution in [3.8, 4) is 0 Å². The molecule has 7 heteroatoms. The van der Waals surface area contributed by atoms with E-state index in [1.807, 2.05) is 12.1 Å². The van der Waals surface area contributed by atoms with E-state index in [9.17, 15) is 14.4 Å². The van der Waals surface area contributed by atoms with E-state index in [1.54, 1.807) is 35.2 Å². The Bertz CT molecular complexity index is 922. The lowest BCUT2D eigenvalue weighted by molar-refractivity contribution is -0.132. The zero-order valence-corrected chi connectivity index (χ0v) is 18.8. The second-order valence-corrected chi connectivity index (χ2v) is 8.81. The molecule has 0 saturated carbocycles. The molecule has 1 fully saturated rings. The van der Waals surface area contributed by atoms with Crippen molar-refractivity contribution in [3.63, 3.8) is 0 Å². The smallest absolute Gasteiger partial charge is 0.223 e. The first-order valence-electron chi connectivity index (χ1n) is 9.41. The van der Waals surface area contributed by atoms with E-state index < -0.39 is 0 Å². The van der Waals surface area contributed by atoms with Crippen molar-refractivity contribution in [3.05, 3.63) is 68.1 Å². The van der Waals surface area contributed by atoms with Gasteiger partial charge < -0.3 is 4.90 Å². The number of likely N-dealkylation sites (tertiary alicyclic amines) is 1. The van der Waals surface area contributed by atoms with Crippen LogP contribution in [-0.4, -0.2) is 35.5 Å². The summed E-state index contributed by atoms with van der Waals surface area (Å²) in [7, 11) is 0. The predicted molar refractivity (Wildman–Crippen MR) is 118 cm³/mol. The average molecular weight is 497 g/mol. The van der Waals surface area contributed by atoms with Crippen LogP contribution in [0.3, 0.4) is 0 Å². The fourth-order valence-electron chi connectivity index (χ4n) is 3.43. The maximum Gasteiger partial charge on any atom is 0.223 e. The maximum absolute atomic E-state index is 12.7. The second-order valence-electron chi connectivity index (χ2n) is 7.08. The third-order valence-electron chi connectivity index (χ3n) is 5.15. The number of halogens is 3. The van der Waals surface area contributed by atoms with Gasteiger partial charge in [-0.05, 0) is 43.2 Å². The van der Waals surface area contributed by atoms with Crippen molar-refractivity contribution in [2.75, 3.05) is 13.1 Å². The maximum atomic E-state index is 12.7. The summed E-state index contributed by atoms with van der Waals surface area (Å²) in [4.78, 5) is 39.1. The quantitative estimate of drug-likeness (QED) is 0.472. The first-order chi connectivity index (χ1) is 13.8. The van der Waals surface area contributed by atoms with Crippen LogP contribution in [0.5, 0.6) is 0 Å². The number of rotatable bonds is 6. The highest BCUT2D eigenvalue weighted by atomic mass is 79.9. The van der Waals surface area contributed by atoms with E-state index in [0.717, 1.165) is 4.47 Å². The monoisotopic (exact) mass is 495 g/mol. The SMILES string of the molecule is O=C(CCC(=O)N1CCC(C(=O)c2ccc(Cl)c(Cl)c2)CC1)c1ccc(Br)cc1. The zero-order valence-electron chi connectivity index (χ0n) is 15.7. The lowest BCUT2D eigenvalue weighted by Gasteiger charge is -2.31. The minimum absolute atomic E-state index is 0.0288. The van der Waals surface area contributed by atoms with Gasteiger partial charge in [0.2, 0.25) is 5.91 Å². The Morgan fingerprint density at radius 2 is 1.52 bits per heavy atom. The van der Waals surface area contributed by atoms with Gasteiger partial charge in [-0.25, -0.2) is 0 Å². The summed E-state index contributed by atoms with van der Waals surface area (Å²) in [5.41, 5.74) is 1.15. The minimum Gasteiger partial charge on any atom is -0.343 e. The average Bonchev–Trinajstić information content (AvgIpc) is 2.74. The summed E-state index contributed by atoms with van der Waals surface area (Å²) < 4.78 is 0.906. The molecule has 1 saturated heterocycles. The molecule has 1 heterocycles. The van der Waals surface area contributed by atoms with Crippen molar-refractivity contribution in [1.29, 1.82) is 0 Å². The Morgan fingerprint density at radius 3 is 2.14 bits per heavy atom. The Kier molecular flexibility index (Phi) is 7.49. The fraction of sp³-hybridized carbons (Fsp3) is 0.318. The molecule has 2 aromatic carbocycles. The Labute approximate surface area is 188 Å². The Morgan fingerprint density at radius 1 is 0.897 bits per heavy atom. The van der Waals surface area contributed by atoms with Crippen LogP contribution in [0.4, 0.5) is 0 Å². The molecule has 1 amide bonds. The number of hydrogen-bond donors (Lipinski definition) is 0. The molecule has 2 aromatic rings. The first-order valence-corrected chi connectivity index (χ1v) is 11.0. The summed E-state index contributed by atoms with van der Waals surface area (Å²) in [6.07, 6.45) is 1.57. The van der Waals surface area contributed by atoms with Crippen LogP contribution in [0.15, 0.2) is 46.9 Å². The van der Waals surface area contributed by atoms with E-state index in [-0.39, 0.29) is 36.2 Å². The molecule has 0 bridgehead atoms. The molecule has 1 aliphatic heterocycles. The van der Waals surface area contributed by atoms with Crippen LogP contribution < -0.4 is 0 Å². The molecule has 0 unspecified atom stereocenters. The summed E-state index contributed by atoms with van der Waals surface area (Å²) >= 11 is 15.3. The van der Waals surface area contributed by atoms with Gasteiger partial charge in [-0.15, -0.1) is 0 Å². The molecular formula is C22H20BrCl2NO3. The van der Waals surface area contributed by atoms with Gasteiger partial charge in [0.1, 0.15) is 0 Å². The number of amides is 1. The molecule has 0 N–H and O–H groups in total. The van der Waals surface area contributed by atoms with Gasteiger partial charge in [-0.3, -0.25) is 14.4 Å². The molecule has 1 aliphatic rings. The van der Waals surface area contributed by atoms with E-state index >= 15 is 0 Å². The number of hydrogen-bond acceptors (Lipinski definition) is 3. The van der Waals surface area contributed by atoms with Crippen LogP contribution in [-0.2, 0) is 4.79 Å². The van der Waals surface area contributed by atoms with Gasteiger partial charge in [-0.1, -0.05) is 51.3 Å². The highest BCUT2D eigenvalue weighted by molar-refractivity contribution is 9.10.